The molecule has 1 amide bonds. The standard InChI is InChI=1S/C16H22N2O/c1-12-5-6-14(13(2)10-12)7-8-16(19)18-9-3-4-15(17)11-18/h5-8,10,15H,3-4,9,11,17H2,1-2H3/b8-7+. The summed E-state index contributed by atoms with van der Waals surface area (Å²) in [6.45, 7) is 5.63. The van der Waals surface area contributed by atoms with E-state index in [1.807, 2.05) is 11.0 Å². The molecule has 0 bridgehead atoms. The number of nitrogens with two attached hydrogens (primary N) is 1. The molecule has 1 heterocycles. The molecule has 102 valence electrons. The lowest BCUT2D eigenvalue weighted by atomic mass is 10.0. The van der Waals surface area contributed by atoms with Gasteiger partial charge in [0.2, 0.25) is 5.91 Å². The quantitative estimate of drug-likeness (QED) is 0.827. The number of likely N-dealkylation sites (tertiary alicyclic amines) is 1. The predicted molar refractivity (Wildman–Crippen MR) is 78.7 cm³/mol. The number of carbonyl (C=O) groups is 1. The topological polar surface area (TPSA) is 46.3 Å². The van der Waals surface area contributed by atoms with Crippen molar-refractivity contribution in [1.29, 1.82) is 0 Å². The fourth-order valence-electron chi connectivity index (χ4n) is 2.49. The molecule has 2 N–H and O–H groups in total. The lowest BCUT2D eigenvalue weighted by Crippen LogP contribution is -2.45. The van der Waals surface area contributed by atoms with Crippen LogP contribution in [0.3, 0.4) is 0 Å². The van der Waals surface area contributed by atoms with Crippen LogP contribution in [0.4, 0.5) is 0 Å². The van der Waals surface area contributed by atoms with E-state index in [1.54, 1.807) is 6.08 Å². The number of piperidine rings is 1. The lowest BCUT2D eigenvalue weighted by molar-refractivity contribution is -0.127. The van der Waals surface area contributed by atoms with Gasteiger partial charge >= 0.3 is 0 Å². The van der Waals surface area contributed by atoms with Crippen molar-refractivity contribution in [2.75, 3.05) is 13.1 Å². The largest absolute Gasteiger partial charge is 0.338 e. The fraction of sp³-hybridized carbons (Fsp3) is 0.438. The van der Waals surface area contributed by atoms with Gasteiger partial charge in [0, 0.05) is 25.2 Å². The van der Waals surface area contributed by atoms with Crippen molar-refractivity contribution in [3.63, 3.8) is 0 Å². The molecule has 1 unspecified atom stereocenters. The Morgan fingerprint density at radius 1 is 1.42 bits per heavy atom. The summed E-state index contributed by atoms with van der Waals surface area (Å²) >= 11 is 0. The predicted octanol–water partition coefficient (Wildman–Crippen LogP) is 2.27. The van der Waals surface area contributed by atoms with Crippen LogP contribution < -0.4 is 5.73 Å². The van der Waals surface area contributed by atoms with Crippen molar-refractivity contribution in [3.8, 4) is 0 Å². The van der Waals surface area contributed by atoms with Crippen LogP contribution in [0, 0.1) is 13.8 Å². The fourth-order valence-corrected chi connectivity index (χ4v) is 2.49. The normalized spacial score (nSPS) is 19.9. The Kier molecular flexibility index (Phi) is 4.38. The summed E-state index contributed by atoms with van der Waals surface area (Å²) in [5, 5.41) is 0. The molecule has 3 heteroatoms. The third-order valence-electron chi connectivity index (χ3n) is 3.60. The maximum absolute atomic E-state index is 12.1. The molecule has 1 saturated heterocycles. The zero-order valence-corrected chi connectivity index (χ0v) is 11.7. The van der Waals surface area contributed by atoms with Crippen molar-refractivity contribution in [2.45, 2.75) is 32.7 Å². The molecule has 1 atom stereocenters. The molecule has 19 heavy (non-hydrogen) atoms. The van der Waals surface area contributed by atoms with Crippen molar-refractivity contribution >= 4 is 12.0 Å². The van der Waals surface area contributed by atoms with Gasteiger partial charge in [-0.15, -0.1) is 0 Å². The summed E-state index contributed by atoms with van der Waals surface area (Å²) in [6.07, 6.45) is 5.59. The minimum Gasteiger partial charge on any atom is -0.338 e. The van der Waals surface area contributed by atoms with Crippen LogP contribution in [0.15, 0.2) is 24.3 Å². The zero-order chi connectivity index (χ0) is 13.8. The van der Waals surface area contributed by atoms with Gasteiger partial charge in [-0.2, -0.15) is 0 Å². The van der Waals surface area contributed by atoms with Gasteiger partial charge in [0.15, 0.2) is 0 Å². The van der Waals surface area contributed by atoms with Gasteiger partial charge in [-0.3, -0.25) is 4.79 Å². The van der Waals surface area contributed by atoms with E-state index in [9.17, 15) is 4.79 Å². The van der Waals surface area contributed by atoms with Gasteiger partial charge in [0.1, 0.15) is 0 Å². The number of nitrogens with zero attached hydrogens (tertiary/aromatic N) is 1. The van der Waals surface area contributed by atoms with Crippen LogP contribution >= 0.6 is 0 Å². The third kappa shape index (κ3) is 3.67. The number of benzene rings is 1. The minimum atomic E-state index is 0.0649. The monoisotopic (exact) mass is 258 g/mol. The summed E-state index contributed by atoms with van der Waals surface area (Å²) in [6, 6.07) is 6.37. The molecule has 1 aromatic carbocycles. The highest BCUT2D eigenvalue weighted by atomic mass is 16.2. The molecule has 1 aliphatic heterocycles. The first-order chi connectivity index (χ1) is 9.06. The van der Waals surface area contributed by atoms with Crippen molar-refractivity contribution < 1.29 is 4.79 Å². The summed E-state index contributed by atoms with van der Waals surface area (Å²) < 4.78 is 0. The highest BCUT2D eigenvalue weighted by molar-refractivity contribution is 5.92. The van der Waals surface area contributed by atoms with Crippen molar-refractivity contribution in [3.05, 3.63) is 41.0 Å². The van der Waals surface area contributed by atoms with E-state index in [0.29, 0.717) is 6.54 Å². The molecule has 1 fully saturated rings. The smallest absolute Gasteiger partial charge is 0.246 e. The average Bonchev–Trinajstić information content (AvgIpc) is 2.37. The number of aryl methyl sites for hydroxylation is 2. The summed E-state index contributed by atoms with van der Waals surface area (Å²) in [5.74, 6) is 0.0649. The first kappa shape index (κ1) is 13.8. The highest BCUT2D eigenvalue weighted by Gasteiger charge is 2.19. The van der Waals surface area contributed by atoms with Gasteiger partial charge in [0.05, 0.1) is 0 Å². The maximum Gasteiger partial charge on any atom is 0.246 e. The Labute approximate surface area is 115 Å². The SMILES string of the molecule is Cc1ccc(/C=C/C(=O)N2CCCC(N)C2)c(C)c1. The molecular weight excluding hydrogens is 236 g/mol. The van der Waals surface area contributed by atoms with Crippen LogP contribution in [-0.2, 0) is 4.79 Å². The molecule has 0 spiro atoms. The average molecular weight is 258 g/mol. The van der Waals surface area contributed by atoms with Crippen LogP contribution in [0.2, 0.25) is 0 Å². The molecule has 1 aliphatic rings. The first-order valence-corrected chi connectivity index (χ1v) is 6.86. The van der Waals surface area contributed by atoms with E-state index < -0.39 is 0 Å². The summed E-state index contributed by atoms with van der Waals surface area (Å²) in [5.41, 5.74) is 9.42. The first-order valence-electron chi connectivity index (χ1n) is 6.86. The molecular formula is C16H22N2O. The zero-order valence-electron chi connectivity index (χ0n) is 11.7. The van der Waals surface area contributed by atoms with Gasteiger partial charge in [-0.25, -0.2) is 0 Å². The van der Waals surface area contributed by atoms with Gasteiger partial charge in [-0.1, -0.05) is 23.8 Å². The Bertz CT molecular complexity index is 494. The maximum atomic E-state index is 12.1. The molecule has 0 aromatic heterocycles. The second kappa shape index (κ2) is 6.02. The second-order valence-corrected chi connectivity index (χ2v) is 5.38. The van der Waals surface area contributed by atoms with E-state index in [1.165, 1.54) is 11.1 Å². The second-order valence-electron chi connectivity index (χ2n) is 5.38. The van der Waals surface area contributed by atoms with Crippen molar-refractivity contribution in [1.82, 2.24) is 4.90 Å². The Hall–Kier alpha value is -1.61. The molecule has 2 rings (SSSR count). The van der Waals surface area contributed by atoms with E-state index in [0.717, 1.165) is 24.9 Å². The van der Waals surface area contributed by atoms with Crippen LogP contribution in [0.5, 0.6) is 0 Å². The van der Waals surface area contributed by atoms with E-state index >= 15 is 0 Å². The number of rotatable bonds is 2. The highest BCUT2D eigenvalue weighted by Crippen LogP contribution is 2.13. The van der Waals surface area contributed by atoms with E-state index in [2.05, 4.69) is 32.0 Å². The molecule has 1 aromatic rings. The molecule has 0 aliphatic carbocycles. The summed E-state index contributed by atoms with van der Waals surface area (Å²) in [7, 11) is 0. The Morgan fingerprint density at radius 2 is 2.21 bits per heavy atom. The van der Waals surface area contributed by atoms with Crippen LogP contribution in [0.25, 0.3) is 6.08 Å². The molecule has 0 radical (unpaired) electrons. The Morgan fingerprint density at radius 3 is 2.89 bits per heavy atom. The van der Waals surface area contributed by atoms with Gasteiger partial charge in [0.25, 0.3) is 0 Å². The Balaban J connectivity index is 2.03. The van der Waals surface area contributed by atoms with Gasteiger partial charge in [-0.05, 0) is 43.9 Å². The molecule has 3 nitrogen and oxygen atoms in total. The van der Waals surface area contributed by atoms with E-state index in [4.69, 9.17) is 5.73 Å². The van der Waals surface area contributed by atoms with Crippen LogP contribution in [0.1, 0.15) is 29.5 Å². The number of hydrogen-bond acceptors (Lipinski definition) is 2. The van der Waals surface area contributed by atoms with Gasteiger partial charge < -0.3 is 10.6 Å². The van der Waals surface area contributed by atoms with Crippen molar-refractivity contribution in [2.24, 2.45) is 5.73 Å². The minimum absolute atomic E-state index is 0.0649. The summed E-state index contributed by atoms with van der Waals surface area (Å²) in [4.78, 5) is 13.9. The third-order valence-corrected chi connectivity index (χ3v) is 3.60. The lowest BCUT2D eigenvalue weighted by Gasteiger charge is -2.29. The number of carbonyl (C=O) groups excluding carboxylic acids is 1. The number of amides is 1. The molecule has 0 saturated carbocycles. The van der Waals surface area contributed by atoms with Crippen LogP contribution in [-0.4, -0.2) is 29.9 Å². The number of hydrogen-bond donors (Lipinski definition) is 1. The van der Waals surface area contributed by atoms with E-state index in [-0.39, 0.29) is 11.9 Å².